The van der Waals surface area contributed by atoms with Gasteiger partial charge in [0, 0.05) is 18.0 Å². The number of morpholine rings is 1. The van der Waals surface area contributed by atoms with Crippen molar-refractivity contribution < 1.29 is 9.53 Å². The number of rotatable bonds is 5. The summed E-state index contributed by atoms with van der Waals surface area (Å²) in [6, 6.07) is 12.4. The van der Waals surface area contributed by atoms with Crippen LogP contribution in [-0.2, 0) is 16.0 Å². The minimum Gasteiger partial charge on any atom is -0.366 e. The number of hydrogen-bond acceptors (Lipinski definition) is 4. The third-order valence-corrected chi connectivity index (χ3v) is 4.99. The van der Waals surface area contributed by atoms with Crippen LogP contribution in [0.3, 0.4) is 0 Å². The molecule has 2 aromatic rings. The van der Waals surface area contributed by atoms with Crippen LogP contribution in [0.4, 0.5) is 0 Å². The van der Waals surface area contributed by atoms with E-state index < -0.39 is 6.10 Å². The van der Waals surface area contributed by atoms with Crippen molar-refractivity contribution in [1.82, 2.24) is 10.6 Å². The number of ether oxygens (including phenoxy) is 1. The van der Waals surface area contributed by atoms with Crippen molar-refractivity contribution in [2.45, 2.75) is 25.5 Å². The van der Waals surface area contributed by atoms with Crippen LogP contribution in [0.5, 0.6) is 0 Å². The first kappa shape index (κ1) is 16.2. The van der Waals surface area contributed by atoms with E-state index in [1.807, 2.05) is 11.4 Å². The molecule has 0 unspecified atom stereocenters. The molecule has 0 bridgehead atoms. The number of aryl methyl sites for hydroxylation is 1. The molecule has 0 saturated carbocycles. The van der Waals surface area contributed by atoms with Crippen molar-refractivity contribution in [3.8, 4) is 0 Å². The van der Waals surface area contributed by atoms with E-state index in [2.05, 4.69) is 47.9 Å². The number of nitrogens with one attached hydrogen (secondary N) is 2. The molecular weight excluding hydrogens is 308 g/mol. The van der Waals surface area contributed by atoms with Gasteiger partial charge in [0.05, 0.1) is 12.6 Å². The van der Waals surface area contributed by atoms with Crippen LogP contribution in [-0.4, -0.2) is 31.7 Å². The zero-order chi connectivity index (χ0) is 16.1. The number of carbonyl (C=O) groups excluding carboxylic acids is 1. The second-order valence-electron chi connectivity index (χ2n) is 5.62. The van der Waals surface area contributed by atoms with Crippen LogP contribution in [0, 0.1) is 0 Å². The first-order chi connectivity index (χ1) is 11.3. The molecule has 1 aromatic carbocycles. The van der Waals surface area contributed by atoms with E-state index in [0.29, 0.717) is 13.2 Å². The van der Waals surface area contributed by atoms with Gasteiger partial charge in [0.25, 0.3) is 5.91 Å². The molecule has 1 aliphatic heterocycles. The summed E-state index contributed by atoms with van der Waals surface area (Å²) < 4.78 is 5.56. The first-order valence-electron chi connectivity index (χ1n) is 8.03. The Balaban J connectivity index is 1.79. The molecule has 1 aromatic heterocycles. The average Bonchev–Trinajstić information content (AvgIpc) is 3.15. The van der Waals surface area contributed by atoms with Crippen molar-refractivity contribution in [2.75, 3.05) is 19.7 Å². The minimum absolute atomic E-state index is 0.0600. The Morgan fingerprint density at radius 1 is 1.39 bits per heavy atom. The van der Waals surface area contributed by atoms with E-state index >= 15 is 0 Å². The molecule has 2 heterocycles. The highest BCUT2D eigenvalue weighted by Gasteiger charge is 2.25. The van der Waals surface area contributed by atoms with Crippen LogP contribution in [0.1, 0.15) is 29.0 Å². The smallest absolute Gasteiger partial charge is 0.251 e. The summed E-state index contributed by atoms with van der Waals surface area (Å²) in [7, 11) is 0. The molecule has 2 N–H and O–H groups in total. The summed E-state index contributed by atoms with van der Waals surface area (Å²) in [6.45, 7) is 4.09. The van der Waals surface area contributed by atoms with Crippen molar-refractivity contribution in [1.29, 1.82) is 0 Å². The molecule has 2 atom stereocenters. The Kier molecular flexibility index (Phi) is 5.43. The van der Waals surface area contributed by atoms with Crippen molar-refractivity contribution in [2.24, 2.45) is 0 Å². The third-order valence-electron chi connectivity index (χ3n) is 4.06. The van der Waals surface area contributed by atoms with Gasteiger partial charge >= 0.3 is 0 Å². The lowest BCUT2D eigenvalue weighted by Crippen LogP contribution is -2.48. The van der Waals surface area contributed by atoms with Crippen molar-refractivity contribution >= 4 is 17.2 Å². The van der Waals surface area contributed by atoms with Crippen LogP contribution in [0.25, 0.3) is 0 Å². The maximum Gasteiger partial charge on any atom is 0.251 e. The molecule has 0 spiro atoms. The van der Waals surface area contributed by atoms with Crippen molar-refractivity contribution in [3.05, 3.63) is 57.8 Å². The van der Waals surface area contributed by atoms with E-state index in [1.165, 1.54) is 5.56 Å². The Hall–Kier alpha value is -1.69. The lowest BCUT2D eigenvalue weighted by molar-refractivity contribution is -0.134. The van der Waals surface area contributed by atoms with E-state index in [0.717, 1.165) is 23.4 Å². The molecule has 3 rings (SSSR count). The van der Waals surface area contributed by atoms with Crippen LogP contribution in [0.15, 0.2) is 41.8 Å². The van der Waals surface area contributed by atoms with E-state index in [-0.39, 0.29) is 11.9 Å². The van der Waals surface area contributed by atoms with Gasteiger partial charge in [0.2, 0.25) is 0 Å². The monoisotopic (exact) mass is 330 g/mol. The zero-order valence-electron chi connectivity index (χ0n) is 13.2. The lowest BCUT2D eigenvalue weighted by Gasteiger charge is -2.26. The van der Waals surface area contributed by atoms with Gasteiger partial charge in [0.15, 0.2) is 0 Å². The molecule has 1 aliphatic rings. The fraction of sp³-hybridized carbons (Fsp3) is 0.389. The number of benzene rings is 1. The highest BCUT2D eigenvalue weighted by molar-refractivity contribution is 7.10. The van der Waals surface area contributed by atoms with E-state index in [4.69, 9.17) is 4.74 Å². The van der Waals surface area contributed by atoms with Gasteiger partial charge in [-0.2, -0.15) is 0 Å². The molecule has 0 radical (unpaired) electrons. The van der Waals surface area contributed by atoms with Crippen molar-refractivity contribution in [3.63, 3.8) is 0 Å². The van der Waals surface area contributed by atoms with Gasteiger partial charge in [-0.1, -0.05) is 37.3 Å². The Bertz CT molecular complexity index is 619. The predicted octanol–water partition coefficient (Wildman–Crippen LogP) is 2.50. The maximum absolute atomic E-state index is 12.5. The average molecular weight is 330 g/mol. The van der Waals surface area contributed by atoms with Gasteiger partial charge < -0.3 is 15.4 Å². The molecular formula is C18H22N2O2S. The summed E-state index contributed by atoms with van der Waals surface area (Å²) in [5, 5.41) is 8.38. The molecule has 23 heavy (non-hydrogen) atoms. The summed E-state index contributed by atoms with van der Waals surface area (Å²) in [4.78, 5) is 13.7. The topological polar surface area (TPSA) is 50.4 Å². The quantitative estimate of drug-likeness (QED) is 0.886. The van der Waals surface area contributed by atoms with Gasteiger partial charge in [-0.25, -0.2) is 0 Å². The number of thiophene rings is 1. The fourth-order valence-electron chi connectivity index (χ4n) is 2.69. The summed E-state index contributed by atoms with van der Waals surface area (Å²) >= 11 is 1.65. The second-order valence-corrected chi connectivity index (χ2v) is 6.59. The van der Waals surface area contributed by atoms with Crippen LogP contribution >= 0.6 is 11.3 Å². The molecule has 1 amide bonds. The standard InChI is InChI=1S/C18H22N2O2S/c1-2-13-5-7-14(8-6-13)17(16-4-3-11-23-16)20-18(21)15-12-19-9-10-22-15/h3-8,11,15,17,19H,2,9-10,12H2,1H3,(H,20,21)/t15-,17-/m1/s1. The minimum atomic E-state index is -0.416. The van der Waals surface area contributed by atoms with Gasteiger partial charge in [-0.15, -0.1) is 11.3 Å². The Morgan fingerprint density at radius 2 is 2.22 bits per heavy atom. The maximum atomic E-state index is 12.5. The SMILES string of the molecule is CCc1ccc([C@@H](NC(=O)[C@H]2CNCCO2)c2cccs2)cc1. The second kappa shape index (κ2) is 7.73. The normalized spacial score (nSPS) is 19.3. The van der Waals surface area contributed by atoms with E-state index in [1.54, 1.807) is 11.3 Å². The third kappa shape index (κ3) is 3.99. The predicted molar refractivity (Wildman–Crippen MR) is 92.7 cm³/mol. The van der Waals surface area contributed by atoms with Gasteiger partial charge in [-0.3, -0.25) is 4.79 Å². The molecule has 0 aliphatic carbocycles. The Morgan fingerprint density at radius 3 is 2.83 bits per heavy atom. The lowest BCUT2D eigenvalue weighted by atomic mass is 10.0. The highest BCUT2D eigenvalue weighted by Crippen LogP contribution is 2.26. The zero-order valence-corrected chi connectivity index (χ0v) is 14.1. The van der Waals surface area contributed by atoms with Gasteiger partial charge in [0.1, 0.15) is 6.10 Å². The van der Waals surface area contributed by atoms with Crippen LogP contribution in [0.2, 0.25) is 0 Å². The largest absolute Gasteiger partial charge is 0.366 e. The molecule has 4 nitrogen and oxygen atoms in total. The summed E-state index contributed by atoms with van der Waals surface area (Å²) in [5.74, 6) is -0.0600. The fourth-order valence-corrected chi connectivity index (χ4v) is 3.49. The molecule has 1 saturated heterocycles. The number of amides is 1. The molecule has 1 fully saturated rings. The van der Waals surface area contributed by atoms with Crippen LogP contribution < -0.4 is 10.6 Å². The first-order valence-corrected chi connectivity index (χ1v) is 8.91. The molecule has 122 valence electrons. The summed E-state index contributed by atoms with van der Waals surface area (Å²) in [5.41, 5.74) is 2.39. The number of carbonyl (C=O) groups is 1. The highest BCUT2D eigenvalue weighted by atomic mass is 32.1. The number of hydrogen-bond donors (Lipinski definition) is 2. The van der Waals surface area contributed by atoms with Gasteiger partial charge in [-0.05, 0) is 29.0 Å². The summed E-state index contributed by atoms with van der Waals surface area (Å²) in [6.07, 6.45) is 0.596. The molecule has 5 heteroatoms. The van der Waals surface area contributed by atoms with E-state index in [9.17, 15) is 4.79 Å². The Labute approximate surface area is 140 Å².